The number of rotatable bonds is 7. The lowest BCUT2D eigenvalue weighted by Crippen LogP contribution is -2.23. The van der Waals surface area contributed by atoms with Crippen LogP contribution >= 0.6 is 0 Å². The zero-order valence-electron chi connectivity index (χ0n) is 14.1. The predicted octanol–water partition coefficient (Wildman–Crippen LogP) is 2.01. The van der Waals surface area contributed by atoms with Gasteiger partial charge in [-0.1, -0.05) is 0 Å². The van der Waals surface area contributed by atoms with E-state index in [0.717, 1.165) is 23.8 Å². The minimum absolute atomic E-state index is 0.201. The third-order valence-corrected chi connectivity index (χ3v) is 4.18. The second-order valence-electron chi connectivity index (χ2n) is 6.28. The number of carbonyl (C=O) groups excluding carboxylic acids is 1. The van der Waals surface area contributed by atoms with Gasteiger partial charge in [-0.2, -0.15) is 5.10 Å². The fraction of sp³-hybridized carbons (Fsp3) is 0.278. The quantitative estimate of drug-likeness (QED) is 0.602. The van der Waals surface area contributed by atoms with Gasteiger partial charge in [-0.25, -0.2) is 9.97 Å². The zero-order valence-corrected chi connectivity index (χ0v) is 14.1. The van der Waals surface area contributed by atoms with E-state index in [-0.39, 0.29) is 12.5 Å². The Morgan fingerprint density at radius 2 is 2.04 bits per heavy atom. The molecule has 3 aromatic heterocycles. The summed E-state index contributed by atoms with van der Waals surface area (Å²) in [6.07, 6.45) is 7.52. The Labute approximate surface area is 150 Å². The molecule has 132 valence electrons. The lowest BCUT2D eigenvalue weighted by atomic mass is 10.2. The summed E-state index contributed by atoms with van der Waals surface area (Å²) in [7, 11) is 0. The van der Waals surface area contributed by atoms with E-state index in [1.165, 1.54) is 12.8 Å². The van der Waals surface area contributed by atoms with Crippen molar-refractivity contribution in [2.24, 2.45) is 5.92 Å². The molecule has 0 saturated heterocycles. The van der Waals surface area contributed by atoms with Crippen molar-refractivity contribution in [1.29, 1.82) is 0 Å². The van der Waals surface area contributed by atoms with Gasteiger partial charge >= 0.3 is 0 Å². The first-order valence-electron chi connectivity index (χ1n) is 8.58. The molecule has 0 spiro atoms. The van der Waals surface area contributed by atoms with Crippen molar-refractivity contribution >= 4 is 11.7 Å². The van der Waals surface area contributed by atoms with Crippen LogP contribution in [0.2, 0.25) is 0 Å². The van der Waals surface area contributed by atoms with Crippen LogP contribution in [-0.4, -0.2) is 37.6 Å². The van der Waals surface area contributed by atoms with Crippen LogP contribution in [0.4, 0.5) is 5.82 Å². The Balaban J connectivity index is 1.31. The third kappa shape index (κ3) is 4.02. The molecule has 8 heteroatoms. The van der Waals surface area contributed by atoms with Gasteiger partial charge in [0.15, 0.2) is 5.82 Å². The molecular weight excluding hydrogens is 330 g/mol. The second-order valence-corrected chi connectivity index (χ2v) is 6.28. The van der Waals surface area contributed by atoms with Gasteiger partial charge in [-0.05, 0) is 43.0 Å². The van der Waals surface area contributed by atoms with Crippen LogP contribution in [0.15, 0.2) is 42.9 Å². The van der Waals surface area contributed by atoms with E-state index < -0.39 is 0 Å². The number of H-pyrrole nitrogens is 1. The number of carbonyl (C=O) groups is 1. The predicted molar refractivity (Wildman–Crippen MR) is 96.2 cm³/mol. The SMILES string of the molecule is O=C(NCc1nc(-c2ccncc2)n[nH]1)c1ccc(NCC2CC2)nc1. The molecule has 26 heavy (non-hydrogen) atoms. The highest BCUT2D eigenvalue weighted by molar-refractivity contribution is 5.93. The number of amides is 1. The van der Waals surface area contributed by atoms with Crippen molar-refractivity contribution in [2.75, 3.05) is 11.9 Å². The van der Waals surface area contributed by atoms with Crippen LogP contribution in [0.25, 0.3) is 11.4 Å². The summed E-state index contributed by atoms with van der Waals surface area (Å²) in [6, 6.07) is 7.25. The Kier molecular flexibility index (Phi) is 4.55. The van der Waals surface area contributed by atoms with Crippen LogP contribution in [0.5, 0.6) is 0 Å². The highest BCUT2D eigenvalue weighted by Gasteiger charge is 2.20. The average molecular weight is 349 g/mol. The molecule has 4 rings (SSSR count). The number of nitrogens with one attached hydrogen (secondary N) is 3. The molecule has 0 atom stereocenters. The van der Waals surface area contributed by atoms with E-state index in [9.17, 15) is 4.79 Å². The van der Waals surface area contributed by atoms with Crippen molar-refractivity contribution in [3.8, 4) is 11.4 Å². The number of anilines is 1. The van der Waals surface area contributed by atoms with E-state index in [1.807, 2.05) is 18.2 Å². The number of hydrogen-bond acceptors (Lipinski definition) is 6. The van der Waals surface area contributed by atoms with Crippen molar-refractivity contribution in [2.45, 2.75) is 19.4 Å². The van der Waals surface area contributed by atoms with Gasteiger partial charge in [0.1, 0.15) is 11.6 Å². The van der Waals surface area contributed by atoms with Crippen LogP contribution in [0.3, 0.4) is 0 Å². The van der Waals surface area contributed by atoms with Crippen LogP contribution < -0.4 is 10.6 Å². The molecule has 3 aromatic rings. The van der Waals surface area contributed by atoms with Gasteiger partial charge in [0.05, 0.1) is 12.1 Å². The number of hydrogen-bond donors (Lipinski definition) is 3. The molecule has 1 amide bonds. The van der Waals surface area contributed by atoms with Crippen molar-refractivity contribution in [1.82, 2.24) is 30.5 Å². The summed E-state index contributed by atoms with van der Waals surface area (Å²) in [5.41, 5.74) is 1.38. The number of aromatic amines is 1. The van der Waals surface area contributed by atoms with Gasteiger partial charge < -0.3 is 10.6 Å². The zero-order chi connectivity index (χ0) is 17.8. The van der Waals surface area contributed by atoms with Crippen molar-refractivity contribution in [3.63, 3.8) is 0 Å². The monoisotopic (exact) mass is 349 g/mol. The molecule has 1 aliphatic carbocycles. The second kappa shape index (κ2) is 7.30. The first-order valence-corrected chi connectivity index (χ1v) is 8.58. The average Bonchev–Trinajstić information content (AvgIpc) is 3.41. The molecule has 0 aromatic carbocycles. The van der Waals surface area contributed by atoms with Gasteiger partial charge in [0, 0.05) is 30.7 Å². The highest BCUT2D eigenvalue weighted by atomic mass is 16.1. The Hall–Kier alpha value is -3.29. The summed E-state index contributed by atoms with van der Waals surface area (Å²) in [5.74, 6) is 2.53. The fourth-order valence-electron chi connectivity index (χ4n) is 2.47. The smallest absolute Gasteiger partial charge is 0.253 e. The minimum Gasteiger partial charge on any atom is -0.370 e. The molecule has 1 aliphatic rings. The third-order valence-electron chi connectivity index (χ3n) is 4.18. The number of aromatic nitrogens is 5. The maximum atomic E-state index is 12.2. The van der Waals surface area contributed by atoms with Gasteiger partial charge in [-0.15, -0.1) is 0 Å². The molecule has 1 fully saturated rings. The summed E-state index contributed by atoms with van der Waals surface area (Å²) in [6.45, 7) is 1.21. The first kappa shape index (κ1) is 16.2. The number of pyridine rings is 2. The molecule has 0 radical (unpaired) electrons. The summed E-state index contributed by atoms with van der Waals surface area (Å²) in [4.78, 5) is 24.9. The topological polar surface area (TPSA) is 108 Å². The number of nitrogens with zero attached hydrogens (tertiary/aromatic N) is 4. The van der Waals surface area contributed by atoms with E-state index in [4.69, 9.17) is 0 Å². The summed E-state index contributed by atoms with van der Waals surface area (Å²) in [5, 5.41) is 13.1. The minimum atomic E-state index is -0.201. The van der Waals surface area contributed by atoms with Crippen molar-refractivity contribution in [3.05, 3.63) is 54.2 Å². The van der Waals surface area contributed by atoms with Crippen LogP contribution in [-0.2, 0) is 6.54 Å². The summed E-state index contributed by atoms with van der Waals surface area (Å²) < 4.78 is 0. The van der Waals surface area contributed by atoms with E-state index in [1.54, 1.807) is 24.7 Å². The summed E-state index contributed by atoms with van der Waals surface area (Å²) >= 11 is 0. The largest absolute Gasteiger partial charge is 0.370 e. The standard InChI is InChI=1S/C18H19N7O/c26-18(14-3-4-15(21-10-14)20-9-12-1-2-12)22-11-16-23-17(25-24-16)13-5-7-19-8-6-13/h3-8,10,12H,1-2,9,11H2,(H,20,21)(H,22,26)(H,23,24,25). The van der Waals surface area contributed by atoms with Gasteiger partial charge in [-0.3, -0.25) is 14.9 Å². The molecule has 3 N–H and O–H groups in total. The van der Waals surface area contributed by atoms with Crippen LogP contribution in [0, 0.1) is 5.92 Å². The van der Waals surface area contributed by atoms with Crippen LogP contribution in [0.1, 0.15) is 29.0 Å². The Morgan fingerprint density at radius 1 is 1.19 bits per heavy atom. The maximum Gasteiger partial charge on any atom is 0.253 e. The van der Waals surface area contributed by atoms with Gasteiger partial charge in [0.2, 0.25) is 0 Å². The molecular formula is C18H19N7O. The Morgan fingerprint density at radius 3 is 2.77 bits per heavy atom. The van der Waals surface area contributed by atoms with E-state index in [2.05, 4.69) is 35.8 Å². The van der Waals surface area contributed by atoms with E-state index in [0.29, 0.717) is 17.2 Å². The normalized spacial score (nSPS) is 13.4. The lowest BCUT2D eigenvalue weighted by molar-refractivity contribution is 0.0949. The molecule has 0 unspecified atom stereocenters. The van der Waals surface area contributed by atoms with E-state index >= 15 is 0 Å². The fourth-order valence-corrected chi connectivity index (χ4v) is 2.47. The molecule has 3 heterocycles. The highest BCUT2D eigenvalue weighted by Crippen LogP contribution is 2.28. The van der Waals surface area contributed by atoms with Crippen molar-refractivity contribution < 1.29 is 4.79 Å². The van der Waals surface area contributed by atoms with Gasteiger partial charge in [0.25, 0.3) is 5.91 Å². The Bertz CT molecular complexity index is 872. The first-order chi connectivity index (χ1) is 12.8. The molecule has 0 aliphatic heterocycles. The maximum absolute atomic E-state index is 12.2. The molecule has 8 nitrogen and oxygen atoms in total. The lowest BCUT2D eigenvalue weighted by Gasteiger charge is -2.06. The molecule has 0 bridgehead atoms. The molecule has 1 saturated carbocycles.